The molecule has 3 aromatic rings. The van der Waals surface area contributed by atoms with Crippen LogP contribution in [-0.4, -0.2) is 15.0 Å². The smallest absolute Gasteiger partial charge is 0.262 e. The van der Waals surface area contributed by atoms with Gasteiger partial charge in [-0.2, -0.15) is 0 Å². The Hall–Kier alpha value is -2.34. The lowest BCUT2D eigenvalue weighted by Gasteiger charge is -2.14. The number of hydrogen-bond donors (Lipinski definition) is 2. The molecule has 1 aliphatic heterocycles. The predicted molar refractivity (Wildman–Crippen MR) is 114 cm³/mol. The van der Waals surface area contributed by atoms with E-state index in [1.165, 1.54) is 5.56 Å². The molecule has 4 nitrogen and oxygen atoms in total. The minimum atomic E-state index is -3.74. The van der Waals surface area contributed by atoms with Crippen molar-refractivity contribution in [1.29, 1.82) is 0 Å². The molecule has 2 N–H and O–H groups in total. The van der Waals surface area contributed by atoms with Crippen LogP contribution in [0.15, 0.2) is 71.6 Å². The van der Waals surface area contributed by atoms with Gasteiger partial charge in [-0.15, -0.1) is 0 Å². The fraction of sp³-hybridized carbons (Fsp3) is 0.182. The predicted octanol–water partition coefficient (Wildman–Crippen LogP) is 4.84. The Morgan fingerprint density at radius 1 is 0.929 bits per heavy atom. The van der Waals surface area contributed by atoms with Crippen LogP contribution in [0.4, 0.5) is 5.69 Å². The van der Waals surface area contributed by atoms with E-state index in [9.17, 15) is 8.42 Å². The van der Waals surface area contributed by atoms with Crippen LogP contribution in [-0.2, 0) is 23.0 Å². The first-order chi connectivity index (χ1) is 13.5. The second kappa shape index (κ2) is 7.95. The van der Waals surface area contributed by atoms with Gasteiger partial charge in [0.25, 0.3) is 10.0 Å². The van der Waals surface area contributed by atoms with Crippen molar-refractivity contribution < 1.29 is 8.42 Å². The molecule has 0 amide bonds. The Kier molecular flexibility index (Phi) is 5.40. The van der Waals surface area contributed by atoms with Gasteiger partial charge < -0.3 is 5.32 Å². The van der Waals surface area contributed by atoms with Crippen LogP contribution in [0, 0.1) is 0 Å². The van der Waals surface area contributed by atoms with Crippen LogP contribution < -0.4 is 10.0 Å². The van der Waals surface area contributed by atoms with Crippen molar-refractivity contribution in [2.75, 3.05) is 11.3 Å². The van der Waals surface area contributed by atoms with Gasteiger partial charge in [0.05, 0.1) is 4.90 Å². The summed E-state index contributed by atoms with van der Waals surface area (Å²) in [6, 6.07) is 19.9. The van der Waals surface area contributed by atoms with Gasteiger partial charge in [-0.25, -0.2) is 8.42 Å². The quantitative estimate of drug-likeness (QED) is 0.644. The number of nitrogens with one attached hydrogen (secondary N) is 2. The number of rotatable bonds is 4. The van der Waals surface area contributed by atoms with Gasteiger partial charge in [-0.05, 0) is 66.4 Å². The lowest BCUT2D eigenvalue weighted by Crippen LogP contribution is -2.15. The zero-order valence-electron chi connectivity index (χ0n) is 15.3. The van der Waals surface area contributed by atoms with E-state index < -0.39 is 10.0 Å². The molecule has 1 aliphatic rings. The first-order valence-electron chi connectivity index (χ1n) is 9.23. The molecule has 0 atom stereocenters. The SMILES string of the molecule is O=S(=O)(Nc1ccc2c(c1)CNCCC2)c1ccccc1-c1ccc(Cl)cc1. The van der Waals surface area contributed by atoms with Crippen molar-refractivity contribution >= 4 is 27.3 Å². The first-order valence-corrected chi connectivity index (χ1v) is 11.1. The Morgan fingerprint density at radius 3 is 2.54 bits per heavy atom. The molecule has 4 rings (SSSR count). The molecule has 0 aromatic heterocycles. The van der Waals surface area contributed by atoms with Gasteiger partial charge in [-0.3, -0.25) is 4.72 Å². The minimum Gasteiger partial charge on any atom is -0.313 e. The van der Waals surface area contributed by atoms with Gasteiger partial charge in [0.15, 0.2) is 0 Å². The molecule has 0 aliphatic carbocycles. The van der Waals surface area contributed by atoms with Crippen molar-refractivity contribution in [2.24, 2.45) is 0 Å². The highest BCUT2D eigenvalue weighted by atomic mass is 35.5. The molecule has 1 heterocycles. The van der Waals surface area contributed by atoms with E-state index in [2.05, 4.69) is 10.0 Å². The van der Waals surface area contributed by atoms with Crippen molar-refractivity contribution in [1.82, 2.24) is 5.32 Å². The van der Waals surface area contributed by atoms with Gasteiger partial charge >= 0.3 is 0 Å². The van der Waals surface area contributed by atoms with Crippen molar-refractivity contribution in [2.45, 2.75) is 24.3 Å². The number of sulfonamides is 1. The molecule has 0 spiro atoms. The monoisotopic (exact) mass is 412 g/mol. The van der Waals surface area contributed by atoms with E-state index in [1.54, 1.807) is 30.3 Å². The standard InChI is InChI=1S/C22H21ClN2O2S/c23-19-10-7-17(8-11-19)21-5-1-2-6-22(21)28(26,27)25-20-12-9-16-4-3-13-24-15-18(16)14-20/h1-2,5-12,14,24-25H,3-4,13,15H2. The molecule has 6 heteroatoms. The van der Waals surface area contributed by atoms with Gasteiger partial charge in [-0.1, -0.05) is 48.0 Å². The number of aryl methyl sites for hydroxylation is 1. The molecule has 0 saturated heterocycles. The summed E-state index contributed by atoms with van der Waals surface area (Å²) in [6.45, 7) is 1.73. The number of benzene rings is 3. The third kappa shape index (κ3) is 4.07. The van der Waals surface area contributed by atoms with Gasteiger partial charge in [0.1, 0.15) is 0 Å². The summed E-state index contributed by atoms with van der Waals surface area (Å²) >= 11 is 5.97. The van der Waals surface area contributed by atoms with Gasteiger partial charge in [0, 0.05) is 22.8 Å². The molecule has 144 valence electrons. The first kappa shape index (κ1) is 19.0. The molecular formula is C22H21ClN2O2S. The van der Waals surface area contributed by atoms with Crippen LogP contribution in [0.25, 0.3) is 11.1 Å². The van der Waals surface area contributed by atoms with E-state index >= 15 is 0 Å². The largest absolute Gasteiger partial charge is 0.313 e. The van der Waals surface area contributed by atoms with E-state index in [4.69, 9.17) is 11.6 Å². The van der Waals surface area contributed by atoms with Crippen LogP contribution in [0.3, 0.4) is 0 Å². The fourth-order valence-corrected chi connectivity index (χ4v) is 4.91. The number of fused-ring (bicyclic) bond motifs is 1. The maximum absolute atomic E-state index is 13.1. The highest BCUT2D eigenvalue weighted by Crippen LogP contribution is 2.30. The molecule has 28 heavy (non-hydrogen) atoms. The van der Waals surface area contributed by atoms with Crippen molar-refractivity contribution in [3.63, 3.8) is 0 Å². The van der Waals surface area contributed by atoms with Crippen LogP contribution in [0.5, 0.6) is 0 Å². The van der Waals surface area contributed by atoms with E-state index in [0.29, 0.717) is 16.3 Å². The summed E-state index contributed by atoms with van der Waals surface area (Å²) in [5, 5.41) is 3.98. The van der Waals surface area contributed by atoms with E-state index in [0.717, 1.165) is 37.1 Å². The zero-order chi connectivity index (χ0) is 19.6. The second-order valence-corrected chi connectivity index (χ2v) is 8.96. The van der Waals surface area contributed by atoms with E-state index in [-0.39, 0.29) is 4.90 Å². The molecule has 0 fully saturated rings. The maximum atomic E-state index is 13.1. The highest BCUT2D eigenvalue weighted by molar-refractivity contribution is 7.92. The number of hydrogen-bond acceptors (Lipinski definition) is 3. The maximum Gasteiger partial charge on any atom is 0.262 e. The Balaban J connectivity index is 1.68. The molecular weight excluding hydrogens is 392 g/mol. The fourth-order valence-electron chi connectivity index (χ4n) is 3.50. The summed E-state index contributed by atoms with van der Waals surface area (Å²) in [4.78, 5) is 0.241. The van der Waals surface area contributed by atoms with Crippen LogP contribution in [0.1, 0.15) is 17.5 Å². The number of anilines is 1. The molecule has 0 saturated carbocycles. The third-order valence-electron chi connectivity index (χ3n) is 4.91. The average molecular weight is 413 g/mol. The number of halogens is 1. The van der Waals surface area contributed by atoms with Crippen LogP contribution >= 0.6 is 11.6 Å². The summed E-state index contributed by atoms with van der Waals surface area (Å²) in [5.41, 5.74) is 4.44. The highest BCUT2D eigenvalue weighted by Gasteiger charge is 2.20. The normalized spacial score (nSPS) is 14.2. The molecule has 0 bridgehead atoms. The summed E-state index contributed by atoms with van der Waals surface area (Å²) in [5.74, 6) is 0. The van der Waals surface area contributed by atoms with Crippen LogP contribution in [0.2, 0.25) is 5.02 Å². The zero-order valence-corrected chi connectivity index (χ0v) is 16.9. The third-order valence-corrected chi connectivity index (χ3v) is 6.60. The van der Waals surface area contributed by atoms with Crippen molar-refractivity contribution in [3.8, 4) is 11.1 Å². The molecule has 3 aromatic carbocycles. The van der Waals surface area contributed by atoms with Crippen molar-refractivity contribution in [3.05, 3.63) is 82.9 Å². The summed E-state index contributed by atoms with van der Waals surface area (Å²) in [6.07, 6.45) is 2.10. The Bertz CT molecular complexity index is 1100. The minimum absolute atomic E-state index is 0.241. The average Bonchev–Trinajstić information content (AvgIpc) is 2.93. The summed E-state index contributed by atoms with van der Waals surface area (Å²) in [7, 11) is -3.74. The molecule has 0 radical (unpaired) electrons. The topological polar surface area (TPSA) is 58.2 Å². The summed E-state index contributed by atoms with van der Waals surface area (Å²) < 4.78 is 29.0. The molecule has 0 unspecified atom stereocenters. The Morgan fingerprint density at radius 2 is 1.71 bits per heavy atom. The lowest BCUT2D eigenvalue weighted by atomic mass is 10.0. The lowest BCUT2D eigenvalue weighted by molar-refractivity contribution is 0.601. The second-order valence-electron chi connectivity index (χ2n) is 6.87. The Labute approximate surface area is 170 Å². The van der Waals surface area contributed by atoms with Gasteiger partial charge in [0.2, 0.25) is 0 Å². The van der Waals surface area contributed by atoms with E-state index in [1.807, 2.05) is 36.4 Å².